The zero-order chi connectivity index (χ0) is 17.1. The Labute approximate surface area is 140 Å². The van der Waals surface area contributed by atoms with Crippen LogP contribution in [0.5, 0.6) is 5.75 Å². The second kappa shape index (κ2) is 6.96. The summed E-state index contributed by atoms with van der Waals surface area (Å²) < 4.78 is 7.30. The van der Waals surface area contributed by atoms with Crippen LogP contribution in [-0.2, 0) is 11.8 Å². The van der Waals surface area contributed by atoms with Crippen molar-refractivity contribution in [2.45, 2.75) is 32.7 Å². The number of aromatic nitrogens is 4. The van der Waals surface area contributed by atoms with Gasteiger partial charge in [-0.2, -0.15) is 10.2 Å². The number of hydrogen-bond acceptors (Lipinski definition) is 6. The molecule has 24 heavy (non-hydrogen) atoms. The molecule has 1 fully saturated rings. The second-order valence-electron chi connectivity index (χ2n) is 5.95. The van der Waals surface area contributed by atoms with Crippen molar-refractivity contribution in [1.82, 2.24) is 25.3 Å². The van der Waals surface area contributed by atoms with Gasteiger partial charge in [0, 0.05) is 7.05 Å². The van der Waals surface area contributed by atoms with E-state index in [4.69, 9.17) is 4.74 Å². The van der Waals surface area contributed by atoms with Crippen LogP contribution >= 0.6 is 0 Å². The van der Waals surface area contributed by atoms with Crippen LogP contribution in [0.1, 0.15) is 36.0 Å². The van der Waals surface area contributed by atoms with Gasteiger partial charge < -0.3 is 15.4 Å². The number of nitrogens with zero attached hydrogens (tertiary/aromatic N) is 4. The molecule has 1 unspecified atom stereocenters. The van der Waals surface area contributed by atoms with E-state index in [1.165, 1.54) is 0 Å². The molecule has 1 aliphatic heterocycles. The Balaban J connectivity index is 1.54. The van der Waals surface area contributed by atoms with Crippen LogP contribution in [0, 0.1) is 13.8 Å². The normalized spacial score (nSPS) is 17.0. The Morgan fingerprint density at radius 1 is 1.42 bits per heavy atom. The highest BCUT2D eigenvalue weighted by Crippen LogP contribution is 2.22. The number of hydrogen-bond donors (Lipinski definition) is 2. The quantitative estimate of drug-likeness (QED) is 0.857. The van der Waals surface area contributed by atoms with Crippen molar-refractivity contribution in [1.29, 1.82) is 0 Å². The molecule has 2 aromatic rings. The number of amides is 1. The molecule has 0 aromatic carbocycles. The van der Waals surface area contributed by atoms with E-state index in [2.05, 4.69) is 25.9 Å². The summed E-state index contributed by atoms with van der Waals surface area (Å²) in [5.41, 5.74) is 2.55. The first-order valence-corrected chi connectivity index (χ1v) is 8.04. The Morgan fingerprint density at radius 3 is 2.83 bits per heavy atom. The van der Waals surface area contributed by atoms with Gasteiger partial charge >= 0.3 is 0 Å². The minimum atomic E-state index is -0.279. The number of ether oxygens (including phenoxy) is 1. The van der Waals surface area contributed by atoms with Crippen molar-refractivity contribution in [3.05, 3.63) is 29.2 Å². The summed E-state index contributed by atoms with van der Waals surface area (Å²) in [4.78, 5) is 12.0. The Morgan fingerprint density at radius 2 is 2.25 bits per heavy atom. The maximum Gasteiger partial charge on any atom is 0.263 e. The van der Waals surface area contributed by atoms with Crippen LogP contribution in [0.2, 0.25) is 0 Å². The lowest BCUT2D eigenvalue weighted by Crippen LogP contribution is -2.22. The standard InChI is InChI=1S/C16H22N6O2/c1-10-16(11(2)22(3)21-10)24-9-15(23)18-14-7-6-13(19-20-14)12-5-4-8-17-12/h6-7,12,17H,4-5,8-9H2,1-3H3,(H,18,20,23). The molecule has 1 atom stereocenters. The topological polar surface area (TPSA) is 94.0 Å². The summed E-state index contributed by atoms with van der Waals surface area (Å²) in [5, 5.41) is 18.6. The lowest BCUT2D eigenvalue weighted by Gasteiger charge is -2.10. The van der Waals surface area contributed by atoms with Gasteiger partial charge in [-0.05, 0) is 45.4 Å². The van der Waals surface area contributed by atoms with Crippen LogP contribution in [0.3, 0.4) is 0 Å². The minimum Gasteiger partial charge on any atom is -0.480 e. The molecule has 128 valence electrons. The maximum atomic E-state index is 12.0. The minimum absolute atomic E-state index is 0.0962. The molecule has 1 saturated heterocycles. The van der Waals surface area contributed by atoms with Crippen molar-refractivity contribution in [2.75, 3.05) is 18.5 Å². The highest BCUT2D eigenvalue weighted by molar-refractivity contribution is 5.90. The van der Waals surface area contributed by atoms with E-state index in [1.807, 2.05) is 27.0 Å². The predicted molar refractivity (Wildman–Crippen MR) is 88.8 cm³/mol. The van der Waals surface area contributed by atoms with Gasteiger partial charge in [-0.3, -0.25) is 9.48 Å². The molecular formula is C16H22N6O2. The SMILES string of the molecule is Cc1nn(C)c(C)c1OCC(=O)Nc1ccc(C2CCCN2)nn1. The van der Waals surface area contributed by atoms with Gasteiger partial charge in [-0.1, -0.05) is 0 Å². The number of carbonyl (C=O) groups is 1. The molecule has 0 bridgehead atoms. The molecule has 3 heterocycles. The van der Waals surface area contributed by atoms with E-state index in [-0.39, 0.29) is 18.6 Å². The van der Waals surface area contributed by atoms with Gasteiger partial charge in [0.2, 0.25) is 0 Å². The average molecular weight is 330 g/mol. The van der Waals surface area contributed by atoms with E-state index in [1.54, 1.807) is 10.7 Å². The number of aryl methyl sites for hydroxylation is 2. The summed E-state index contributed by atoms with van der Waals surface area (Å²) >= 11 is 0. The first kappa shape index (κ1) is 16.4. The average Bonchev–Trinajstić information content (AvgIpc) is 3.17. The van der Waals surface area contributed by atoms with Gasteiger partial charge in [0.1, 0.15) is 5.69 Å². The van der Waals surface area contributed by atoms with Crippen LogP contribution in [0.4, 0.5) is 5.82 Å². The van der Waals surface area contributed by atoms with E-state index in [9.17, 15) is 4.79 Å². The van der Waals surface area contributed by atoms with Gasteiger partial charge in [0.25, 0.3) is 5.91 Å². The van der Waals surface area contributed by atoms with Gasteiger partial charge in [0.15, 0.2) is 18.2 Å². The second-order valence-corrected chi connectivity index (χ2v) is 5.95. The predicted octanol–water partition coefficient (Wildman–Crippen LogP) is 1.27. The molecule has 0 aliphatic carbocycles. The Hall–Kier alpha value is -2.48. The molecule has 2 aromatic heterocycles. The third-order valence-corrected chi connectivity index (χ3v) is 4.16. The summed E-state index contributed by atoms with van der Waals surface area (Å²) in [6, 6.07) is 3.92. The fourth-order valence-corrected chi connectivity index (χ4v) is 2.81. The monoisotopic (exact) mass is 330 g/mol. The van der Waals surface area contributed by atoms with Crippen LogP contribution in [0.15, 0.2) is 12.1 Å². The molecule has 1 aliphatic rings. The molecule has 1 amide bonds. The Kier molecular flexibility index (Phi) is 4.75. The van der Waals surface area contributed by atoms with Gasteiger partial charge in [0.05, 0.1) is 17.4 Å². The molecule has 0 radical (unpaired) electrons. The molecule has 8 nitrogen and oxygen atoms in total. The number of carbonyl (C=O) groups excluding carboxylic acids is 1. The number of anilines is 1. The van der Waals surface area contributed by atoms with Crippen molar-refractivity contribution < 1.29 is 9.53 Å². The fourth-order valence-electron chi connectivity index (χ4n) is 2.81. The summed E-state index contributed by atoms with van der Waals surface area (Å²) in [7, 11) is 1.84. The Bertz CT molecular complexity index is 719. The summed E-state index contributed by atoms with van der Waals surface area (Å²) in [5.74, 6) is 0.782. The van der Waals surface area contributed by atoms with E-state index >= 15 is 0 Å². The highest BCUT2D eigenvalue weighted by Gasteiger charge is 2.18. The zero-order valence-electron chi connectivity index (χ0n) is 14.2. The van der Waals surface area contributed by atoms with Crippen LogP contribution < -0.4 is 15.4 Å². The molecule has 8 heteroatoms. The van der Waals surface area contributed by atoms with Gasteiger partial charge in [-0.25, -0.2) is 0 Å². The van der Waals surface area contributed by atoms with Crippen LogP contribution in [0.25, 0.3) is 0 Å². The van der Waals surface area contributed by atoms with Crippen molar-refractivity contribution >= 4 is 11.7 Å². The molecular weight excluding hydrogens is 308 g/mol. The third-order valence-electron chi connectivity index (χ3n) is 4.16. The fraction of sp³-hybridized carbons (Fsp3) is 0.500. The lowest BCUT2D eigenvalue weighted by atomic mass is 10.1. The lowest BCUT2D eigenvalue weighted by molar-refractivity contribution is -0.118. The smallest absolute Gasteiger partial charge is 0.263 e. The summed E-state index contributed by atoms with van der Waals surface area (Å²) in [6.07, 6.45) is 2.22. The zero-order valence-corrected chi connectivity index (χ0v) is 14.2. The van der Waals surface area contributed by atoms with Gasteiger partial charge in [-0.15, -0.1) is 5.10 Å². The number of rotatable bonds is 5. The van der Waals surface area contributed by atoms with Crippen molar-refractivity contribution in [3.63, 3.8) is 0 Å². The first-order valence-electron chi connectivity index (χ1n) is 8.04. The number of nitrogens with one attached hydrogen (secondary N) is 2. The van der Waals surface area contributed by atoms with Crippen molar-refractivity contribution in [2.24, 2.45) is 7.05 Å². The van der Waals surface area contributed by atoms with Crippen LogP contribution in [-0.4, -0.2) is 39.0 Å². The highest BCUT2D eigenvalue weighted by atomic mass is 16.5. The van der Waals surface area contributed by atoms with E-state index in [0.717, 1.165) is 36.5 Å². The third kappa shape index (κ3) is 3.53. The molecule has 0 saturated carbocycles. The molecule has 2 N–H and O–H groups in total. The largest absolute Gasteiger partial charge is 0.480 e. The first-order chi connectivity index (χ1) is 11.5. The molecule has 0 spiro atoms. The molecule has 3 rings (SSSR count). The van der Waals surface area contributed by atoms with Crippen molar-refractivity contribution in [3.8, 4) is 5.75 Å². The van der Waals surface area contributed by atoms with E-state index in [0.29, 0.717) is 11.6 Å². The maximum absolute atomic E-state index is 12.0. The summed E-state index contributed by atoms with van der Waals surface area (Å²) in [6.45, 7) is 4.66. The van der Waals surface area contributed by atoms with E-state index < -0.39 is 0 Å².